The van der Waals surface area contributed by atoms with E-state index in [2.05, 4.69) is 24.8 Å². The van der Waals surface area contributed by atoms with Crippen LogP contribution in [-0.2, 0) is 6.54 Å². The summed E-state index contributed by atoms with van der Waals surface area (Å²) in [6.07, 6.45) is 2.55. The minimum absolute atomic E-state index is 0.509. The van der Waals surface area contributed by atoms with Crippen LogP contribution in [0.1, 0.15) is 32.3 Å². The zero-order valence-electron chi connectivity index (χ0n) is 10.7. The molecular formula is C14H21ClN2. The summed E-state index contributed by atoms with van der Waals surface area (Å²) in [5.74, 6) is 0. The Morgan fingerprint density at radius 3 is 2.53 bits per heavy atom. The van der Waals surface area contributed by atoms with E-state index >= 15 is 0 Å². The molecule has 0 radical (unpaired) electrons. The SMILES string of the molecule is CC1(C)CCN(Cc2ccc(N)c(Cl)c2)CC1. The lowest BCUT2D eigenvalue weighted by Gasteiger charge is -2.36. The van der Waals surface area contributed by atoms with Crippen LogP contribution in [0.3, 0.4) is 0 Å². The van der Waals surface area contributed by atoms with Gasteiger partial charge in [0.05, 0.1) is 10.7 Å². The minimum Gasteiger partial charge on any atom is -0.398 e. The predicted octanol–water partition coefficient (Wildman–Crippen LogP) is 3.54. The molecule has 1 aliphatic rings. The molecule has 1 fully saturated rings. The van der Waals surface area contributed by atoms with Crippen molar-refractivity contribution < 1.29 is 0 Å². The maximum Gasteiger partial charge on any atom is 0.0638 e. The first-order chi connectivity index (χ1) is 7.96. The summed E-state index contributed by atoms with van der Waals surface area (Å²) in [5, 5.41) is 0.667. The first kappa shape index (κ1) is 12.7. The average Bonchev–Trinajstić information content (AvgIpc) is 2.27. The lowest BCUT2D eigenvalue weighted by atomic mass is 9.82. The van der Waals surface area contributed by atoms with Gasteiger partial charge in [0.15, 0.2) is 0 Å². The summed E-state index contributed by atoms with van der Waals surface area (Å²) < 4.78 is 0. The molecule has 94 valence electrons. The minimum atomic E-state index is 0.509. The fraction of sp³-hybridized carbons (Fsp3) is 0.571. The summed E-state index contributed by atoms with van der Waals surface area (Å²) in [5.41, 5.74) is 8.14. The molecule has 1 saturated heterocycles. The van der Waals surface area contributed by atoms with E-state index in [1.165, 1.54) is 31.5 Å². The molecule has 1 aliphatic heterocycles. The standard InChI is InChI=1S/C14H21ClN2/c1-14(2)5-7-17(8-6-14)10-11-3-4-13(16)12(15)9-11/h3-4,9H,5-8,10,16H2,1-2H3. The second kappa shape index (κ2) is 4.87. The van der Waals surface area contributed by atoms with Crippen molar-refractivity contribution in [3.8, 4) is 0 Å². The molecule has 0 aliphatic carbocycles. The molecule has 0 unspecified atom stereocenters. The fourth-order valence-corrected chi connectivity index (χ4v) is 2.45. The summed E-state index contributed by atoms with van der Waals surface area (Å²) in [6.45, 7) is 8.04. The van der Waals surface area contributed by atoms with Crippen LogP contribution in [0.5, 0.6) is 0 Å². The van der Waals surface area contributed by atoms with E-state index in [1.807, 2.05) is 12.1 Å². The number of likely N-dealkylation sites (tertiary alicyclic amines) is 1. The van der Waals surface area contributed by atoms with Crippen LogP contribution in [-0.4, -0.2) is 18.0 Å². The van der Waals surface area contributed by atoms with Gasteiger partial charge in [-0.05, 0) is 49.0 Å². The third-order valence-electron chi connectivity index (χ3n) is 3.68. The van der Waals surface area contributed by atoms with Crippen LogP contribution in [0.2, 0.25) is 5.02 Å². The number of anilines is 1. The van der Waals surface area contributed by atoms with E-state index in [1.54, 1.807) is 0 Å². The molecule has 0 saturated carbocycles. The second-order valence-corrected chi connectivity index (χ2v) is 6.20. The highest BCUT2D eigenvalue weighted by Crippen LogP contribution is 2.30. The molecule has 0 amide bonds. The molecule has 0 spiro atoms. The van der Waals surface area contributed by atoms with Crippen molar-refractivity contribution in [3.05, 3.63) is 28.8 Å². The molecule has 2 N–H and O–H groups in total. The quantitative estimate of drug-likeness (QED) is 0.816. The first-order valence-electron chi connectivity index (χ1n) is 6.23. The zero-order chi connectivity index (χ0) is 12.5. The van der Waals surface area contributed by atoms with Gasteiger partial charge in [0.25, 0.3) is 0 Å². The third kappa shape index (κ3) is 3.36. The topological polar surface area (TPSA) is 29.3 Å². The zero-order valence-corrected chi connectivity index (χ0v) is 11.4. The molecule has 3 heteroatoms. The van der Waals surface area contributed by atoms with Crippen molar-refractivity contribution in [2.75, 3.05) is 18.8 Å². The van der Waals surface area contributed by atoms with E-state index in [0.29, 0.717) is 16.1 Å². The van der Waals surface area contributed by atoms with Crippen molar-refractivity contribution in [2.24, 2.45) is 5.41 Å². The molecule has 0 aromatic heterocycles. The van der Waals surface area contributed by atoms with Gasteiger partial charge >= 0.3 is 0 Å². The summed E-state index contributed by atoms with van der Waals surface area (Å²) in [6, 6.07) is 5.95. The lowest BCUT2D eigenvalue weighted by Crippen LogP contribution is -2.36. The summed E-state index contributed by atoms with van der Waals surface area (Å²) in [7, 11) is 0. The number of hydrogen-bond donors (Lipinski definition) is 1. The predicted molar refractivity (Wildman–Crippen MR) is 74.2 cm³/mol. The van der Waals surface area contributed by atoms with Crippen molar-refractivity contribution in [2.45, 2.75) is 33.2 Å². The lowest BCUT2D eigenvalue weighted by molar-refractivity contribution is 0.127. The van der Waals surface area contributed by atoms with Crippen LogP contribution in [0.15, 0.2) is 18.2 Å². The van der Waals surface area contributed by atoms with Gasteiger partial charge in [0.2, 0.25) is 0 Å². The Labute approximate surface area is 109 Å². The Morgan fingerprint density at radius 1 is 1.29 bits per heavy atom. The number of piperidine rings is 1. The number of nitrogen functional groups attached to an aromatic ring is 1. The fourth-order valence-electron chi connectivity index (χ4n) is 2.24. The first-order valence-corrected chi connectivity index (χ1v) is 6.60. The number of hydrogen-bond acceptors (Lipinski definition) is 2. The van der Waals surface area contributed by atoms with Crippen molar-refractivity contribution in [1.29, 1.82) is 0 Å². The van der Waals surface area contributed by atoms with E-state index in [4.69, 9.17) is 17.3 Å². The molecule has 0 atom stereocenters. The highest BCUT2D eigenvalue weighted by molar-refractivity contribution is 6.33. The molecule has 2 nitrogen and oxygen atoms in total. The number of nitrogens with two attached hydrogens (primary N) is 1. The number of halogens is 1. The van der Waals surface area contributed by atoms with E-state index in [-0.39, 0.29) is 0 Å². The van der Waals surface area contributed by atoms with Crippen LogP contribution < -0.4 is 5.73 Å². The Hall–Kier alpha value is -0.730. The van der Waals surface area contributed by atoms with Gasteiger partial charge in [-0.15, -0.1) is 0 Å². The molecule has 0 bridgehead atoms. The normalized spacial score (nSPS) is 20.4. The van der Waals surface area contributed by atoms with E-state index in [9.17, 15) is 0 Å². The molecular weight excluding hydrogens is 232 g/mol. The highest BCUT2D eigenvalue weighted by atomic mass is 35.5. The summed E-state index contributed by atoms with van der Waals surface area (Å²) >= 11 is 6.03. The number of rotatable bonds is 2. The van der Waals surface area contributed by atoms with Crippen LogP contribution in [0.25, 0.3) is 0 Å². The van der Waals surface area contributed by atoms with Crippen LogP contribution in [0.4, 0.5) is 5.69 Å². The summed E-state index contributed by atoms with van der Waals surface area (Å²) in [4.78, 5) is 2.49. The monoisotopic (exact) mass is 252 g/mol. The molecule has 17 heavy (non-hydrogen) atoms. The largest absolute Gasteiger partial charge is 0.398 e. The van der Waals surface area contributed by atoms with Gasteiger partial charge < -0.3 is 5.73 Å². The Balaban J connectivity index is 1.95. The third-order valence-corrected chi connectivity index (χ3v) is 4.01. The van der Waals surface area contributed by atoms with Gasteiger partial charge in [0, 0.05) is 6.54 Å². The Morgan fingerprint density at radius 2 is 1.94 bits per heavy atom. The molecule has 1 aromatic rings. The molecule has 1 aromatic carbocycles. The molecule has 1 heterocycles. The van der Waals surface area contributed by atoms with E-state index in [0.717, 1.165) is 6.54 Å². The van der Waals surface area contributed by atoms with Crippen LogP contribution in [0, 0.1) is 5.41 Å². The smallest absolute Gasteiger partial charge is 0.0638 e. The van der Waals surface area contributed by atoms with Crippen molar-refractivity contribution in [1.82, 2.24) is 4.90 Å². The van der Waals surface area contributed by atoms with Gasteiger partial charge in [0.1, 0.15) is 0 Å². The van der Waals surface area contributed by atoms with E-state index < -0.39 is 0 Å². The van der Waals surface area contributed by atoms with Gasteiger partial charge in [-0.25, -0.2) is 0 Å². The Bertz CT molecular complexity index is 391. The van der Waals surface area contributed by atoms with Crippen LogP contribution >= 0.6 is 11.6 Å². The molecule has 2 rings (SSSR count). The second-order valence-electron chi connectivity index (χ2n) is 5.80. The maximum atomic E-state index is 6.03. The average molecular weight is 253 g/mol. The van der Waals surface area contributed by atoms with Crippen molar-refractivity contribution in [3.63, 3.8) is 0 Å². The van der Waals surface area contributed by atoms with Gasteiger partial charge in [-0.1, -0.05) is 31.5 Å². The number of nitrogens with zero attached hydrogens (tertiary/aromatic N) is 1. The number of benzene rings is 1. The van der Waals surface area contributed by atoms with Gasteiger partial charge in [-0.3, -0.25) is 4.90 Å². The highest BCUT2D eigenvalue weighted by Gasteiger charge is 2.25. The Kier molecular flexibility index (Phi) is 3.64. The van der Waals surface area contributed by atoms with Crippen molar-refractivity contribution >= 4 is 17.3 Å². The maximum absolute atomic E-state index is 6.03. The van der Waals surface area contributed by atoms with Gasteiger partial charge in [-0.2, -0.15) is 0 Å².